The second-order valence-electron chi connectivity index (χ2n) is 7.66. The SMILES string of the molecule is CCN(C(=O)CCc1nc(-c2ccccc2)c(-c2ccccc2)o1)C(C)c1cccnc1. The average molecular weight is 426 g/mol. The number of hydrogen-bond donors (Lipinski definition) is 0. The Balaban J connectivity index is 1.54. The third kappa shape index (κ3) is 4.78. The van der Waals surface area contributed by atoms with Gasteiger partial charge in [0.1, 0.15) is 5.69 Å². The minimum atomic E-state index is -0.0366. The molecule has 162 valence electrons. The van der Waals surface area contributed by atoms with E-state index in [-0.39, 0.29) is 11.9 Å². The van der Waals surface area contributed by atoms with Crippen LogP contribution in [0.1, 0.15) is 37.8 Å². The van der Waals surface area contributed by atoms with Crippen molar-refractivity contribution in [2.45, 2.75) is 32.7 Å². The molecule has 1 unspecified atom stereocenters. The van der Waals surface area contributed by atoms with Crippen molar-refractivity contribution in [1.82, 2.24) is 14.9 Å². The molecule has 0 aliphatic heterocycles. The molecule has 0 bridgehead atoms. The van der Waals surface area contributed by atoms with Gasteiger partial charge in [-0.3, -0.25) is 9.78 Å². The third-order valence-electron chi connectivity index (χ3n) is 5.60. The van der Waals surface area contributed by atoms with E-state index >= 15 is 0 Å². The molecule has 0 fully saturated rings. The molecule has 0 saturated carbocycles. The molecule has 0 spiro atoms. The molecule has 4 aromatic rings. The lowest BCUT2D eigenvalue weighted by Gasteiger charge is -2.28. The van der Waals surface area contributed by atoms with Crippen molar-refractivity contribution in [1.29, 1.82) is 0 Å². The van der Waals surface area contributed by atoms with Gasteiger partial charge >= 0.3 is 0 Å². The maximum atomic E-state index is 13.0. The van der Waals surface area contributed by atoms with Crippen LogP contribution in [0.2, 0.25) is 0 Å². The Morgan fingerprint density at radius 2 is 1.66 bits per heavy atom. The molecule has 0 aliphatic carbocycles. The smallest absolute Gasteiger partial charge is 0.223 e. The second-order valence-corrected chi connectivity index (χ2v) is 7.66. The third-order valence-corrected chi connectivity index (χ3v) is 5.60. The van der Waals surface area contributed by atoms with Gasteiger partial charge in [-0.1, -0.05) is 66.7 Å². The summed E-state index contributed by atoms with van der Waals surface area (Å²) in [7, 11) is 0. The fourth-order valence-electron chi connectivity index (χ4n) is 3.87. The molecule has 1 amide bonds. The highest BCUT2D eigenvalue weighted by Gasteiger charge is 2.22. The van der Waals surface area contributed by atoms with Gasteiger partial charge in [0, 0.05) is 42.9 Å². The molecule has 4 rings (SSSR count). The number of benzene rings is 2. The molecule has 5 heteroatoms. The first-order valence-electron chi connectivity index (χ1n) is 11.0. The van der Waals surface area contributed by atoms with Crippen LogP contribution in [0, 0.1) is 0 Å². The first-order valence-corrected chi connectivity index (χ1v) is 11.0. The summed E-state index contributed by atoms with van der Waals surface area (Å²) in [6.45, 7) is 4.66. The first kappa shape index (κ1) is 21.5. The molecular weight excluding hydrogens is 398 g/mol. The second kappa shape index (κ2) is 10.1. The van der Waals surface area contributed by atoms with Crippen molar-refractivity contribution in [3.8, 4) is 22.6 Å². The predicted octanol–water partition coefficient (Wildman–Crippen LogP) is 5.95. The minimum Gasteiger partial charge on any atom is -0.440 e. The molecule has 1 atom stereocenters. The van der Waals surface area contributed by atoms with Crippen LogP contribution in [0.5, 0.6) is 0 Å². The summed E-state index contributed by atoms with van der Waals surface area (Å²) in [5.41, 5.74) is 3.79. The lowest BCUT2D eigenvalue weighted by molar-refractivity contribution is -0.133. The van der Waals surface area contributed by atoms with E-state index in [0.717, 1.165) is 28.1 Å². The van der Waals surface area contributed by atoms with Gasteiger partial charge < -0.3 is 9.32 Å². The summed E-state index contributed by atoms with van der Waals surface area (Å²) >= 11 is 0. The number of hydrogen-bond acceptors (Lipinski definition) is 4. The Kier molecular flexibility index (Phi) is 6.75. The number of aryl methyl sites for hydroxylation is 1. The number of aromatic nitrogens is 2. The van der Waals surface area contributed by atoms with Gasteiger partial charge in [-0.25, -0.2) is 4.98 Å². The van der Waals surface area contributed by atoms with E-state index in [4.69, 9.17) is 9.40 Å². The molecule has 0 aliphatic rings. The number of oxazole rings is 1. The van der Waals surface area contributed by atoms with Gasteiger partial charge in [0.2, 0.25) is 5.91 Å². The van der Waals surface area contributed by atoms with Crippen LogP contribution < -0.4 is 0 Å². The fraction of sp³-hybridized carbons (Fsp3) is 0.222. The number of amides is 1. The topological polar surface area (TPSA) is 59.2 Å². The zero-order valence-corrected chi connectivity index (χ0v) is 18.4. The molecule has 2 heterocycles. The zero-order chi connectivity index (χ0) is 22.3. The van der Waals surface area contributed by atoms with E-state index in [1.807, 2.05) is 97.7 Å². The first-order chi connectivity index (χ1) is 15.7. The quantitative estimate of drug-likeness (QED) is 0.350. The Morgan fingerprint density at radius 1 is 0.969 bits per heavy atom. The standard InChI is InChI=1S/C27H27N3O2/c1-3-30(20(2)23-15-10-18-28-19-23)25(31)17-16-24-29-26(21-11-6-4-7-12-21)27(32-24)22-13-8-5-9-14-22/h4-15,18-20H,3,16-17H2,1-2H3. The molecule has 32 heavy (non-hydrogen) atoms. The average Bonchev–Trinajstić information content (AvgIpc) is 3.29. The number of pyridine rings is 1. The van der Waals surface area contributed by atoms with E-state index < -0.39 is 0 Å². The van der Waals surface area contributed by atoms with Crippen molar-refractivity contribution in [2.75, 3.05) is 6.54 Å². The summed E-state index contributed by atoms with van der Waals surface area (Å²) < 4.78 is 6.17. The Bertz CT molecular complexity index is 1080. The number of carbonyl (C=O) groups is 1. The molecule has 0 radical (unpaired) electrons. The van der Waals surface area contributed by atoms with Crippen molar-refractivity contribution in [3.63, 3.8) is 0 Å². The predicted molar refractivity (Wildman–Crippen MR) is 126 cm³/mol. The molecular formula is C27H27N3O2. The van der Waals surface area contributed by atoms with E-state index in [9.17, 15) is 4.79 Å². The van der Waals surface area contributed by atoms with Crippen molar-refractivity contribution in [2.24, 2.45) is 0 Å². The van der Waals surface area contributed by atoms with E-state index in [2.05, 4.69) is 4.98 Å². The Labute approximate surface area is 188 Å². The van der Waals surface area contributed by atoms with Gasteiger partial charge in [0.05, 0.1) is 6.04 Å². The Morgan fingerprint density at radius 3 is 2.28 bits per heavy atom. The Hall–Kier alpha value is -3.73. The number of rotatable bonds is 8. The molecule has 0 N–H and O–H groups in total. The highest BCUT2D eigenvalue weighted by Crippen LogP contribution is 2.33. The zero-order valence-electron chi connectivity index (χ0n) is 18.4. The maximum Gasteiger partial charge on any atom is 0.223 e. The van der Waals surface area contributed by atoms with Crippen LogP contribution in [-0.4, -0.2) is 27.3 Å². The van der Waals surface area contributed by atoms with Crippen LogP contribution in [0.3, 0.4) is 0 Å². The maximum absolute atomic E-state index is 13.0. The summed E-state index contributed by atoms with van der Waals surface area (Å²) in [6, 6.07) is 23.8. The lowest BCUT2D eigenvalue weighted by Crippen LogP contribution is -2.33. The van der Waals surface area contributed by atoms with Crippen molar-refractivity contribution < 1.29 is 9.21 Å². The summed E-state index contributed by atoms with van der Waals surface area (Å²) in [5.74, 6) is 1.38. The van der Waals surface area contributed by atoms with Crippen LogP contribution in [0.15, 0.2) is 89.6 Å². The van der Waals surface area contributed by atoms with Crippen LogP contribution in [0.4, 0.5) is 0 Å². The largest absolute Gasteiger partial charge is 0.440 e. The highest BCUT2D eigenvalue weighted by molar-refractivity contribution is 5.78. The van der Waals surface area contributed by atoms with Gasteiger partial charge in [-0.15, -0.1) is 0 Å². The van der Waals surface area contributed by atoms with E-state index in [0.29, 0.717) is 25.3 Å². The minimum absolute atomic E-state index is 0.0366. The molecule has 2 aromatic carbocycles. The fourth-order valence-corrected chi connectivity index (χ4v) is 3.87. The summed E-state index contributed by atoms with van der Waals surface area (Å²) in [5, 5.41) is 0. The van der Waals surface area contributed by atoms with E-state index in [1.165, 1.54) is 0 Å². The van der Waals surface area contributed by atoms with Gasteiger partial charge in [0.25, 0.3) is 0 Å². The van der Waals surface area contributed by atoms with Crippen LogP contribution in [-0.2, 0) is 11.2 Å². The number of nitrogens with zero attached hydrogens (tertiary/aromatic N) is 3. The van der Waals surface area contributed by atoms with Crippen LogP contribution >= 0.6 is 0 Å². The molecule has 5 nitrogen and oxygen atoms in total. The van der Waals surface area contributed by atoms with E-state index in [1.54, 1.807) is 6.20 Å². The normalized spacial score (nSPS) is 11.8. The lowest BCUT2D eigenvalue weighted by atomic mass is 10.1. The highest BCUT2D eigenvalue weighted by atomic mass is 16.4. The number of carbonyl (C=O) groups excluding carboxylic acids is 1. The van der Waals surface area contributed by atoms with Crippen LogP contribution in [0.25, 0.3) is 22.6 Å². The molecule has 0 saturated heterocycles. The summed E-state index contributed by atoms with van der Waals surface area (Å²) in [4.78, 5) is 23.9. The molecule has 2 aromatic heterocycles. The van der Waals surface area contributed by atoms with Crippen molar-refractivity contribution in [3.05, 3.63) is 96.6 Å². The van der Waals surface area contributed by atoms with Gasteiger partial charge in [-0.2, -0.15) is 0 Å². The van der Waals surface area contributed by atoms with Crippen molar-refractivity contribution >= 4 is 5.91 Å². The summed E-state index contributed by atoms with van der Waals surface area (Å²) in [6.07, 6.45) is 4.34. The monoisotopic (exact) mass is 425 g/mol. The van der Waals surface area contributed by atoms with Gasteiger partial charge in [0.15, 0.2) is 11.7 Å². The van der Waals surface area contributed by atoms with Gasteiger partial charge in [-0.05, 0) is 25.5 Å².